The molecule has 0 spiro atoms. The number of morpholine rings is 1. The first-order chi connectivity index (χ1) is 12.6. The fraction of sp³-hybridized carbons (Fsp3) is 0.333. The molecule has 0 saturated carbocycles. The summed E-state index contributed by atoms with van der Waals surface area (Å²) in [5, 5.41) is 0. The minimum atomic E-state index is -0.814. The maximum absolute atomic E-state index is 12.6. The van der Waals surface area contributed by atoms with Gasteiger partial charge in [-0.2, -0.15) is 0 Å². The molecule has 5 heteroatoms. The van der Waals surface area contributed by atoms with Crippen molar-refractivity contribution in [3.05, 3.63) is 71.3 Å². The van der Waals surface area contributed by atoms with Crippen LogP contribution in [0.3, 0.4) is 0 Å². The molecule has 0 bridgehead atoms. The highest BCUT2D eigenvalue weighted by Crippen LogP contribution is 2.17. The molecule has 0 unspecified atom stereocenters. The second kappa shape index (κ2) is 8.63. The highest BCUT2D eigenvalue weighted by Gasteiger charge is 2.26. The van der Waals surface area contributed by atoms with E-state index in [2.05, 4.69) is 0 Å². The molecule has 1 aliphatic rings. The first-order valence-electron chi connectivity index (χ1n) is 8.84. The first-order valence-corrected chi connectivity index (χ1v) is 8.84. The second-order valence-corrected chi connectivity index (χ2v) is 6.30. The molecule has 1 fully saturated rings. The molecule has 1 saturated heterocycles. The molecule has 1 aliphatic heterocycles. The predicted octanol–water partition coefficient (Wildman–Crippen LogP) is 2.68. The predicted molar refractivity (Wildman–Crippen MR) is 98.0 cm³/mol. The summed E-state index contributed by atoms with van der Waals surface area (Å²) in [5.41, 5.74) is 2.50. The smallest absolute Gasteiger partial charge is 0.339 e. The molecule has 26 heavy (non-hydrogen) atoms. The van der Waals surface area contributed by atoms with Crippen molar-refractivity contribution < 1.29 is 19.1 Å². The van der Waals surface area contributed by atoms with E-state index < -0.39 is 12.1 Å². The molecule has 0 radical (unpaired) electrons. The van der Waals surface area contributed by atoms with E-state index >= 15 is 0 Å². The molecule has 3 rings (SSSR count). The number of hydrogen-bond acceptors (Lipinski definition) is 4. The molecule has 5 nitrogen and oxygen atoms in total. The van der Waals surface area contributed by atoms with E-state index in [0.717, 1.165) is 11.1 Å². The van der Waals surface area contributed by atoms with Crippen LogP contribution in [0.4, 0.5) is 0 Å². The summed E-state index contributed by atoms with van der Waals surface area (Å²) in [6.07, 6.45) is -0.178. The van der Waals surface area contributed by atoms with Crippen LogP contribution in [-0.4, -0.2) is 49.2 Å². The van der Waals surface area contributed by atoms with Crippen molar-refractivity contribution in [2.75, 3.05) is 26.3 Å². The Kier molecular flexibility index (Phi) is 6.02. The van der Waals surface area contributed by atoms with Crippen molar-refractivity contribution >= 4 is 11.9 Å². The van der Waals surface area contributed by atoms with Crippen LogP contribution in [-0.2, 0) is 20.7 Å². The van der Waals surface area contributed by atoms with E-state index in [9.17, 15) is 9.59 Å². The quantitative estimate of drug-likeness (QED) is 0.776. The lowest BCUT2D eigenvalue weighted by atomic mass is 10.00. The van der Waals surface area contributed by atoms with Crippen LogP contribution >= 0.6 is 0 Å². The van der Waals surface area contributed by atoms with Crippen molar-refractivity contribution in [3.8, 4) is 0 Å². The third-order valence-corrected chi connectivity index (χ3v) is 4.43. The Labute approximate surface area is 153 Å². The van der Waals surface area contributed by atoms with E-state index in [1.807, 2.05) is 42.5 Å². The van der Waals surface area contributed by atoms with E-state index in [1.165, 1.54) is 0 Å². The van der Waals surface area contributed by atoms with Crippen molar-refractivity contribution in [3.63, 3.8) is 0 Å². The number of carbonyl (C=O) groups excluding carboxylic acids is 2. The lowest BCUT2D eigenvalue weighted by molar-refractivity contribution is -0.143. The molecule has 0 N–H and O–H groups in total. The van der Waals surface area contributed by atoms with Gasteiger partial charge in [0.05, 0.1) is 18.8 Å². The first kappa shape index (κ1) is 18.1. The third-order valence-electron chi connectivity index (χ3n) is 4.43. The van der Waals surface area contributed by atoms with E-state index in [1.54, 1.807) is 24.0 Å². The lowest BCUT2D eigenvalue weighted by Crippen LogP contribution is -2.46. The van der Waals surface area contributed by atoms with Gasteiger partial charge in [0.2, 0.25) is 0 Å². The maximum Gasteiger partial charge on any atom is 0.339 e. The molecule has 1 atom stereocenters. The highest BCUT2D eigenvalue weighted by molar-refractivity contribution is 5.93. The number of ether oxygens (including phenoxy) is 2. The molecule has 1 amide bonds. The number of amides is 1. The SMILES string of the molecule is C[C@H](OC(=O)c1ccccc1Cc1ccccc1)C(=O)N1CCOCC1. The van der Waals surface area contributed by atoms with Gasteiger partial charge in [-0.25, -0.2) is 4.79 Å². The van der Waals surface area contributed by atoms with Crippen molar-refractivity contribution in [1.82, 2.24) is 4.90 Å². The number of benzene rings is 2. The summed E-state index contributed by atoms with van der Waals surface area (Å²) < 4.78 is 10.7. The topological polar surface area (TPSA) is 55.8 Å². The van der Waals surface area contributed by atoms with Gasteiger partial charge in [-0.3, -0.25) is 4.79 Å². The summed E-state index contributed by atoms with van der Waals surface area (Å²) in [7, 11) is 0. The Hall–Kier alpha value is -2.66. The van der Waals surface area contributed by atoms with E-state index in [0.29, 0.717) is 38.3 Å². The van der Waals surface area contributed by atoms with Crippen LogP contribution in [0.2, 0.25) is 0 Å². The molecule has 2 aromatic carbocycles. The third kappa shape index (κ3) is 4.49. The largest absolute Gasteiger partial charge is 0.449 e. The zero-order valence-electron chi connectivity index (χ0n) is 14.9. The summed E-state index contributed by atoms with van der Waals surface area (Å²) in [4.78, 5) is 26.7. The fourth-order valence-corrected chi connectivity index (χ4v) is 3.00. The monoisotopic (exact) mass is 353 g/mol. The number of esters is 1. The average molecular weight is 353 g/mol. The van der Waals surface area contributed by atoms with Gasteiger partial charge in [0.25, 0.3) is 5.91 Å². The van der Waals surface area contributed by atoms with Crippen molar-refractivity contribution in [2.45, 2.75) is 19.4 Å². The summed E-state index contributed by atoms with van der Waals surface area (Å²) >= 11 is 0. The van der Waals surface area contributed by atoms with Gasteiger partial charge in [-0.15, -0.1) is 0 Å². The zero-order valence-corrected chi connectivity index (χ0v) is 14.9. The van der Waals surface area contributed by atoms with Gasteiger partial charge in [0.15, 0.2) is 6.10 Å². The molecule has 0 aliphatic carbocycles. The van der Waals surface area contributed by atoms with Gasteiger partial charge >= 0.3 is 5.97 Å². The van der Waals surface area contributed by atoms with Crippen molar-refractivity contribution in [1.29, 1.82) is 0 Å². The van der Waals surface area contributed by atoms with Crippen LogP contribution < -0.4 is 0 Å². The normalized spacial score (nSPS) is 15.3. The maximum atomic E-state index is 12.6. The Balaban J connectivity index is 1.68. The van der Waals surface area contributed by atoms with Crippen LogP contribution in [0.1, 0.15) is 28.4 Å². The van der Waals surface area contributed by atoms with Crippen LogP contribution in [0, 0.1) is 0 Å². The van der Waals surface area contributed by atoms with E-state index in [-0.39, 0.29) is 5.91 Å². The van der Waals surface area contributed by atoms with Gasteiger partial charge in [-0.1, -0.05) is 48.5 Å². The standard InChI is InChI=1S/C21H23NO4/c1-16(20(23)22-11-13-25-14-12-22)26-21(24)19-10-6-5-9-18(19)15-17-7-3-2-4-8-17/h2-10,16H,11-15H2,1H3/t16-/m0/s1. The van der Waals surface area contributed by atoms with Crippen LogP contribution in [0.25, 0.3) is 0 Å². The van der Waals surface area contributed by atoms with Gasteiger partial charge in [0.1, 0.15) is 0 Å². The van der Waals surface area contributed by atoms with Crippen molar-refractivity contribution in [2.24, 2.45) is 0 Å². The minimum absolute atomic E-state index is 0.179. The van der Waals surface area contributed by atoms with Gasteiger partial charge in [0, 0.05) is 13.1 Å². The highest BCUT2D eigenvalue weighted by atomic mass is 16.5. The summed E-state index contributed by atoms with van der Waals surface area (Å²) in [6.45, 7) is 3.73. The van der Waals surface area contributed by atoms with Gasteiger partial charge < -0.3 is 14.4 Å². The lowest BCUT2D eigenvalue weighted by Gasteiger charge is -2.29. The van der Waals surface area contributed by atoms with Crippen LogP contribution in [0.5, 0.6) is 0 Å². The van der Waals surface area contributed by atoms with Gasteiger partial charge in [-0.05, 0) is 30.5 Å². The average Bonchev–Trinajstić information content (AvgIpc) is 2.69. The molecular formula is C21H23NO4. The number of carbonyl (C=O) groups is 2. The fourth-order valence-electron chi connectivity index (χ4n) is 3.00. The molecule has 136 valence electrons. The molecule has 1 heterocycles. The Morgan fingerprint density at radius 3 is 2.42 bits per heavy atom. The summed E-state index contributed by atoms with van der Waals surface area (Å²) in [6, 6.07) is 17.3. The van der Waals surface area contributed by atoms with Crippen LogP contribution in [0.15, 0.2) is 54.6 Å². The Morgan fingerprint density at radius 2 is 1.69 bits per heavy atom. The second-order valence-electron chi connectivity index (χ2n) is 6.30. The molecular weight excluding hydrogens is 330 g/mol. The summed E-state index contributed by atoms with van der Waals surface area (Å²) in [5.74, 6) is -0.646. The zero-order chi connectivity index (χ0) is 18.4. The van der Waals surface area contributed by atoms with E-state index in [4.69, 9.17) is 9.47 Å². The minimum Gasteiger partial charge on any atom is -0.449 e. The Bertz CT molecular complexity index is 754. The number of hydrogen-bond donors (Lipinski definition) is 0. The molecule has 0 aromatic heterocycles. The number of rotatable bonds is 5. The Morgan fingerprint density at radius 1 is 1.04 bits per heavy atom. The number of nitrogens with zero attached hydrogens (tertiary/aromatic N) is 1. The molecule has 2 aromatic rings.